The predicted octanol–water partition coefficient (Wildman–Crippen LogP) is 4.68. The molecule has 29 heavy (non-hydrogen) atoms. The van der Waals surface area contributed by atoms with E-state index in [4.69, 9.17) is 0 Å². The van der Waals surface area contributed by atoms with Gasteiger partial charge in [-0.05, 0) is 41.1 Å². The monoisotopic (exact) mass is 448 g/mol. The molecular formula is C21H24N2O3S3. The molecule has 2 aromatic heterocycles. The van der Waals surface area contributed by atoms with Crippen molar-refractivity contribution in [3.05, 3.63) is 74.6 Å². The first-order chi connectivity index (χ1) is 14.0. The van der Waals surface area contributed by atoms with Crippen LogP contribution in [0.3, 0.4) is 0 Å². The second-order valence-corrected chi connectivity index (χ2v) is 10.4. The van der Waals surface area contributed by atoms with Crippen molar-refractivity contribution >= 4 is 38.6 Å². The molecule has 0 saturated carbocycles. The zero-order valence-electron chi connectivity index (χ0n) is 16.4. The highest BCUT2D eigenvalue weighted by Gasteiger charge is 2.24. The van der Waals surface area contributed by atoms with Gasteiger partial charge in [-0.2, -0.15) is 4.31 Å². The Labute approximate surface area is 180 Å². The number of benzene rings is 1. The molecule has 0 unspecified atom stereocenters. The van der Waals surface area contributed by atoms with Crippen molar-refractivity contribution in [2.24, 2.45) is 0 Å². The molecule has 3 rings (SSSR count). The number of rotatable bonds is 9. The van der Waals surface area contributed by atoms with Gasteiger partial charge in [-0.25, -0.2) is 8.42 Å². The molecule has 0 radical (unpaired) electrons. The Balaban J connectivity index is 1.91. The molecule has 154 valence electrons. The molecule has 1 aromatic carbocycles. The van der Waals surface area contributed by atoms with Crippen LogP contribution in [0.1, 0.15) is 34.0 Å². The van der Waals surface area contributed by atoms with Crippen molar-refractivity contribution < 1.29 is 13.2 Å². The van der Waals surface area contributed by atoms with Gasteiger partial charge in [0.2, 0.25) is 10.0 Å². The average Bonchev–Trinajstić information content (AvgIpc) is 3.42. The molecule has 0 aliphatic heterocycles. The van der Waals surface area contributed by atoms with E-state index in [1.807, 2.05) is 35.0 Å². The highest BCUT2D eigenvalue weighted by atomic mass is 32.2. The van der Waals surface area contributed by atoms with Crippen molar-refractivity contribution in [3.63, 3.8) is 0 Å². The minimum Gasteiger partial charge on any atom is -0.328 e. The summed E-state index contributed by atoms with van der Waals surface area (Å²) in [5.41, 5.74) is 0.381. The predicted molar refractivity (Wildman–Crippen MR) is 119 cm³/mol. The molecule has 0 aliphatic carbocycles. The van der Waals surface area contributed by atoms with Crippen LogP contribution in [0.2, 0.25) is 0 Å². The molecule has 0 N–H and O–H groups in total. The average molecular weight is 449 g/mol. The van der Waals surface area contributed by atoms with Crippen LogP contribution < -0.4 is 0 Å². The van der Waals surface area contributed by atoms with Gasteiger partial charge in [0, 0.05) is 28.4 Å². The topological polar surface area (TPSA) is 57.7 Å². The van der Waals surface area contributed by atoms with E-state index in [0.717, 1.165) is 9.75 Å². The summed E-state index contributed by atoms with van der Waals surface area (Å²) in [6.07, 6.45) is 0. The largest absolute Gasteiger partial charge is 0.328 e. The van der Waals surface area contributed by atoms with E-state index in [9.17, 15) is 13.2 Å². The van der Waals surface area contributed by atoms with Gasteiger partial charge >= 0.3 is 0 Å². The van der Waals surface area contributed by atoms with Gasteiger partial charge in [0.15, 0.2) is 0 Å². The number of carbonyl (C=O) groups excluding carboxylic acids is 1. The Kier molecular flexibility index (Phi) is 7.23. The lowest BCUT2D eigenvalue weighted by Crippen LogP contribution is -2.32. The lowest BCUT2D eigenvalue weighted by Gasteiger charge is -2.23. The van der Waals surface area contributed by atoms with E-state index in [1.54, 1.807) is 59.6 Å². The van der Waals surface area contributed by atoms with Gasteiger partial charge < -0.3 is 4.90 Å². The van der Waals surface area contributed by atoms with Gasteiger partial charge in [0.05, 0.1) is 18.0 Å². The first-order valence-electron chi connectivity index (χ1n) is 9.40. The zero-order chi connectivity index (χ0) is 20.9. The van der Waals surface area contributed by atoms with E-state index < -0.39 is 10.0 Å². The third-order valence-electron chi connectivity index (χ3n) is 4.56. The Morgan fingerprint density at radius 3 is 1.97 bits per heavy atom. The fourth-order valence-electron chi connectivity index (χ4n) is 3.07. The maximum atomic E-state index is 13.3. The molecule has 3 aromatic rings. The van der Waals surface area contributed by atoms with Crippen LogP contribution in [0.5, 0.6) is 0 Å². The maximum absolute atomic E-state index is 13.3. The van der Waals surface area contributed by atoms with E-state index in [-0.39, 0.29) is 10.8 Å². The van der Waals surface area contributed by atoms with E-state index >= 15 is 0 Å². The fraction of sp³-hybridized carbons (Fsp3) is 0.286. The molecule has 0 spiro atoms. The lowest BCUT2D eigenvalue weighted by atomic mass is 10.2. The summed E-state index contributed by atoms with van der Waals surface area (Å²) in [7, 11) is -3.62. The third kappa shape index (κ3) is 5.14. The summed E-state index contributed by atoms with van der Waals surface area (Å²) in [5, 5.41) is 3.97. The first kappa shape index (κ1) is 21.7. The Hall–Kier alpha value is -2.00. The van der Waals surface area contributed by atoms with Crippen molar-refractivity contribution in [1.29, 1.82) is 0 Å². The molecule has 2 heterocycles. The first-order valence-corrected chi connectivity index (χ1v) is 12.6. The molecule has 0 saturated heterocycles. The van der Waals surface area contributed by atoms with Crippen LogP contribution >= 0.6 is 22.7 Å². The normalized spacial score (nSPS) is 11.7. The van der Waals surface area contributed by atoms with Gasteiger partial charge in [0.25, 0.3) is 5.91 Å². The van der Waals surface area contributed by atoms with Crippen LogP contribution in [0, 0.1) is 0 Å². The van der Waals surface area contributed by atoms with E-state index in [1.165, 1.54) is 10.4 Å². The molecule has 0 bridgehead atoms. The number of amides is 1. The highest BCUT2D eigenvalue weighted by Crippen LogP contribution is 2.22. The summed E-state index contributed by atoms with van der Waals surface area (Å²) in [6, 6.07) is 14.3. The highest BCUT2D eigenvalue weighted by molar-refractivity contribution is 7.89. The molecule has 1 amide bonds. The maximum Gasteiger partial charge on any atom is 0.254 e. The number of thiophene rings is 2. The summed E-state index contributed by atoms with van der Waals surface area (Å²) < 4.78 is 27.1. The van der Waals surface area contributed by atoms with Gasteiger partial charge in [0.1, 0.15) is 0 Å². The lowest BCUT2D eigenvalue weighted by molar-refractivity contribution is 0.0733. The van der Waals surface area contributed by atoms with E-state index in [0.29, 0.717) is 31.7 Å². The van der Waals surface area contributed by atoms with Crippen LogP contribution in [-0.4, -0.2) is 36.6 Å². The Bertz CT molecular complexity index is 989. The second kappa shape index (κ2) is 9.67. The molecular weight excluding hydrogens is 424 g/mol. The van der Waals surface area contributed by atoms with Crippen molar-refractivity contribution in [3.8, 4) is 0 Å². The minimum atomic E-state index is -3.62. The van der Waals surface area contributed by atoms with Crippen molar-refractivity contribution in [2.75, 3.05) is 13.1 Å². The van der Waals surface area contributed by atoms with Gasteiger partial charge in [-0.15, -0.1) is 22.7 Å². The number of hydrogen-bond acceptors (Lipinski definition) is 5. The summed E-state index contributed by atoms with van der Waals surface area (Å²) in [4.78, 5) is 17.4. The SMILES string of the molecule is CCN(CC)S(=O)(=O)c1cccc(C(=O)N(Cc2cccs2)Cc2cccs2)c1. The number of hydrogen-bond donors (Lipinski definition) is 0. The molecule has 0 atom stereocenters. The van der Waals surface area contributed by atoms with Crippen molar-refractivity contribution in [1.82, 2.24) is 9.21 Å². The standard InChI is InChI=1S/C21H24N2O3S3/c1-3-23(4-2)29(25,26)20-11-5-8-17(14-20)21(24)22(15-18-9-6-12-27-18)16-19-10-7-13-28-19/h5-14H,3-4,15-16H2,1-2H3. The summed E-state index contributed by atoms with van der Waals surface area (Å²) >= 11 is 3.20. The number of nitrogens with zero attached hydrogens (tertiary/aromatic N) is 2. The van der Waals surface area contributed by atoms with Gasteiger partial charge in [-0.3, -0.25) is 4.79 Å². The van der Waals surface area contributed by atoms with Crippen LogP contribution in [-0.2, 0) is 23.1 Å². The van der Waals surface area contributed by atoms with E-state index in [2.05, 4.69) is 0 Å². The summed E-state index contributed by atoms with van der Waals surface area (Å²) in [5.74, 6) is -0.177. The third-order valence-corrected chi connectivity index (χ3v) is 8.33. The Morgan fingerprint density at radius 2 is 1.48 bits per heavy atom. The molecule has 0 fully saturated rings. The van der Waals surface area contributed by atoms with Gasteiger partial charge in [-0.1, -0.05) is 32.0 Å². The smallest absolute Gasteiger partial charge is 0.254 e. The van der Waals surface area contributed by atoms with Crippen LogP contribution in [0.15, 0.2) is 64.2 Å². The summed E-state index contributed by atoms with van der Waals surface area (Å²) in [6.45, 7) is 5.36. The number of sulfonamides is 1. The van der Waals surface area contributed by atoms with Crippen LogP contribution in [0.25, 0.3) is 0 Å². The molecule has 0 aliphatic rings. The number of carbonyl (C=O) groups is 1. The fourth-order valence-corrected chi connectivity index (χ4v) is 6.01. The van der Waals surface area contributed by atoms with Crippen LogP contribution in [0.4, 0.5) is 0 Å². The quantitative estimate of drug-likeness (QED) is 0.477. The Morgan fingerprint density at radius 1 is 0.897 bits per heavy atom. The molecule has 8 heteroatoms. The zero-order valence-corrected chi connectivity index (χ0v) is 18.9. The minimum absolute atomic E-state index is 0.152. The second-order valence-electron chi connectivity index (χ2n) is 6.44. The van der Waals surface area contributed by atoms with Crippen molar-refractivity contribution in [2.45, 2.75) is 31.8 Å². The molecule has 5 nitrogen and oxygen atoms in total.